The largest absolute Gasteiger partial charge is 0.491 e. The van der Waals surface area contributed by atoms with Gasteiger partial charge >= 0.3 is 5.97 Å². The van der Waals surface area contributed by atoms with E-state index in [1.807, 2.05) is 31.4 Å². The van der Waals surface area contributed by atoms with Gasteiger partial charge in [-0.15, -0.1) is 11.8 Å². The second-order valence-corrected chi connectivity index (χ2v) is 6.98. The van der Waals surface area contributed by atoms with E-state index in [1.54, 1.807) is 30.0 Å². The Hall–Kier alpha value is -2.64. The lowest BCUT2D eigenvalue weighted by atomic mass is 10.2. The standard InChI is InChI=1S/C21H22ClNO5S/c1-4-27-18-11-14(10-17(22)21(18)26-2)8-9-20(25)28-13-19(24)23-15-6-5-7-16(12-15)29-3/h5-12H,4,13H2,1-3H3,(H,23,24)/b9-8+. The molecule has 0 heterocycles. The molecule has 0 aliphatic carbocycles. The number of hydrogen-bond acceptors (Lipinski definition) is 6. The Balaban J connectivity index is 1.93. The van der Waals surface area contributed by atoms with E-state index in [9.17, 15) is 9.59 Å². The fraction of sp³-hybridized carbons (Fsp3) is 0.238. The summed E-state index contributed by atoms with van der Waals surface area (Å²) < 4.78 is 15.7. The molecule has 0 atom stereocenters. The molecule has 154 valence electrons. The first-order valence-corrected chi connectivity index (χ1v) is 10.4. The smallest absolute Gasteiger partial charge is 0.331 e. The van der Waals surface area contributed by atoms with Gasteiger partial charge in [0, 0.05) is 16.7 Å². The lowest BCUT2D eigenvalue weighted by molar-refractivity contribution is -0.142. The third kappa shape index (κ3) is 7.03. The molecule has 0 spiro atoms. The van der Waals surface area contributed by atoms with Gasteiger partial charge < -0.3 is 19.5 Å². The van der Waals surface area contributed by atoms with Crippen molar-refractivity contribution in [2.75, 3.05) is 31.9 Å². The van der Waals surface area contributed by atoms with Crippen molar-refractivity contribution >= 4 is 47.0 Å². The molecule has 0 aliphatic rings. The quantitative estimate of drug-likeness (QED) is 0.350. The summed E-state index contributed by atoms with van der Waals surface area (Å²) in [5, 5.41) is 3.05. The Labute approximate surface area is 179 Å². The van der Waals surface area contributed by atoms with Gasteiger partial charge in [-0.3, -0.25) is 4.79 Å². The second kappa shape index (κ2) is 11.4. The molecule has 0 unspecified atom stereocenters. The molecule has 8 heteroatoms. The minimum atomic E-state index is -0.650. The highest BCUT2D eigenvalue weighted by molar-refractivity contribution is 7.98. The van der Waals surface area contributed by atoms with Crippen LogP contribution >= 0.6 is 23.4 Å². The van der Waals surface area contributed by atoms with Crippen LogP contribution in [-0.4, -0.2) is 38.5 Å². The fourth-order valence-electron chi connectivity index (χ4n) is 2.39. The maximum Gasteiger partial charge on any atom is 0.331 e. The molecule has 2 aromatic carbocycles. The van der Waals surface area contributed by atoms with Gasteiger partial charge in [-0.05, 0) is 55.2 Å². The third-order valence-electron chi connectivity index (χ3n) is 3.65. The molecular formula is C21H22ClNO5S. The summed E-state index contributed by atoms with van der Waals surface area (Å²) in [6, 6.07) is 10.7. The average Bonchev–Trinajstić information content (AvgIpc) is 2.71. The topological polar surface area (TPSA) is 73.9 Å². The van der Waals surface area contributed by atoms with Gasteiger partial charge in [-0.1, -0.05) is 17.7 Å². The van der Waals surface area contributed by atoms with Crippen LogP contribution < -0.4 is 14.8 Å². The van der Waals surface area contributed by atoms with Crippen molar-refractivity contribution in [3.8, 4) is 11.5 Å². The number of halogens is 1. The Morgan fingerprint density at radius 1 is 1.24 bits per heavy atom. The van der Waals surface area contributed by atoms with E-state index < -0.39 is 11.9 Å². The number of carbonyl (C=O) groups is 2. The van der Waals surface area contributed by atoms with Crippen LogP contribution in [0.1, 0.15) is 12.5 Å². The first kappa shape index (κ1) is 22.6. The number of ether oxygens (including phenoxy) is 3. The van der Waals surface area contributed by atoms with Crippen LogP contribution in [0, 0.1) is 0 Å². The van der Waals surface area contributed by atoms with Crippen molar-refractivity contribution in [2.24, 2.45) is 0 Å². The van der Waals surface area contributed by atoms with E-state index in [0.717, 1.165) is 4.90 Å². The van der Waals surface area contributed by atoms with Gasteiger partial charge in [0.15, 0.2) is 18.1 Å². The van der Waals surface area contributed by atoms with Crippen LogP contribution in [0.15, 0.2) is 47.4 Å². The lowest BCUT2D eigenvalue weighted by Crippen LogP contribution is -2.20. The number of carbonyl (C=O) groups excluding carboxylic acids is 2. The van der Waals surface area contributed by atoms with Gasteiger partial charge in [0.25, 0.3) is 5.91 Å². The molecule has 0 fully saturated rings. The minimum absolute atomic E-state index is 0.360. The molecule has 1 N–H and O–H groups in total. The van der Waals surface area contributed by atoms with E-state index in [4.69, 9.17) is 25.8 Å². The molecule has 6 nitrogen and oxygen atoms in total. The predicted octanol–water partition coefficient (Wildman–Crippen LogP) is 4.66. The van der Waals surface area contributed by atoms with Crippen LogP contribution in [0.4, 0.5) is 5.69 Å². The monoisotopic (exact) mass is 435 g/mol. The van der Waals surface area contributed by atoms with Crippen LogP contribution in [0.2, 0.25) is 5.02 Å². The number of amides is 1. The molecule has 0 bridgehead atoms. The summed E-state index contributed by atoms with van der Waals surface area (Å²) >= 11 is 7.75. The molecule has 0 aromatic heterocycles. The van der Waals surface area contributed by atoms with Gasteiger partial charge in [0.1, 0.15) is 0 Å². The zero-order valence-corrected chi connectivity index (χ0v) is 17.9. The van der Waals surface area contributed by atoms with Crippen molar-refractivity contribution in [3.63, 3.8) is 0 Å². The summed E-state index contributed by atoms with van der Waals surface area (Å²) in [6.07, 6.45) is 4.69. The highest BCUT2D eigenvalue weighted by Crippen LogP contribution is 2.36. The van der Waals surface area contributed by atoms with E-state index in [2.05, 4.69) is 5.32 Å². The molecular weight excluding hydrogens is 414 g/mol. The number of esters is 1. The summed E-state index contributed by atoms with van der Waals surface area (Å²) in [5.41, 5.74) is 1.28. The molecule has 0 saturated heterocycles. The number of rotatable bonds is 9. The number of anilines is 1. The zero-order valence-electron chi connectivity index (χ0n) is 16.4. The van der Waals surface area contributed by atoms with Crippen molar-refractivity contribution in [1.29, 1.82) is 0 Å². The summed E-state index contributed by atoms with van der Waals surface area (Å²) in [5.74, 6) is -0.170. The van der Waals surface area contributed by atoms with Gasteiger partial charge in [-0.25, -0.2) is 4.79 Å². The Kier molecular flexibility index (Phi) is 8.89. The van der Waals surface area contributed by atoms with Crippen molar-refractivity contribution in [1.82, 2.24) is 0 Å². The Morgan fingerprint density at radius 3 is 2.72 bits per heavy atom. The first-order valence-electron chi connectivity index (χ1n) is 8.75. The molecule has 0 radical (unpaired) electrons. The minimum Gasteiger partial charge on any atom is -0.491 e. The molecule has 29 heavy (non-hydrogen) atoms. The lowest BCUT2D eigenvalue weighted by Gasteiger charge is -2.11. The van der Waals surface area contributed by atoms with E-state index in [1.165, 1.54) is 19.3 Å². The maximum absolute atomic E-state index is 12.0. The Bertz CT molecular complexity index is 901. The highest BCUT2D eigenvalue weighted by Gasteiger charge is 2.11. The van der Waals surface area contributed by atoms with Gasteiger partial charge in [0.05, 0.1) is 18.7 Å². The number of methoxy groups -OCH3 is 1. The zero-order chi connectivity index (χ0) is 21.2. The summed E-state index contributed by atoms with van der Waals surface area (Å²) in [7, 11) is 1.50. The Morgan fingerprint density at radius 2 is 2.03 bits per heavy atom. The molecule has 1 amide bonds. The first-order chi connectivity index (χ1) is 14.0. The van der Waals surface area contributed by atoms with Crippen LogP contribution in [0.25, 0.3) is 6.08 Å². The van der Waals surface area contributed by atoms with Gasteiger partial charge in [0.2, 0.25) is 0 Å². The van der Waals surface area contributed by atoms with E-state index >= 15 is 0 Å². The maximum atomic E-state index is 12.0. The third-order valence-corrected chi connectivity index (χ3v) is 4.65. The van der Waals surface area contributed by atoms with Crippen molar-refractivity contribution in [2.45, 2.75) is 11.8 Å². The highest BCUT2D eigenvalue weighted by atomic mass is 35.5. The molecule has 2 aromatic rings. The SMILES string of the molecule is CCOc1cc(/C=C/C(=O)OCC(=O)Nc2cccc(SC)c2)cc(Cl)c1OC. The fourth-order valence-corrected chi connectivity index (χ4v) is 3.15. The van der Waals surface area contributed by atoms with Crippen molar-refractivity contribution < 1.29 is 23.8 Å². The van der Waals surface area contributed by atoms with Crippen molar-refractivity contribution in [3.05, 3.63) is 53.1 Å². The number of thioether (sulfide) groups is 1. The molecule has 0 aliphatic heterocycles. The second-order valence-electron chi connectivity index (χ2n) is 5.69. The molecule has 2 rings (SSSR count). The van der Waals surface area contributed by atoms with Gasteiger partial charge in [-0.2, -0.15) is 0 Å². The number of benzene rings is 2. The average molecular weight is 436 g/mol. The predicted molar refractivity (Wildman–Crippen MR) is 116 cm³/mol. The van der Waals surface area contributed by atoms with Crippen LogP contribution in [-0.2, 0) is 14.3 Å². The normalized spacial score (nSPS) is 10.6. The number of nitrogens with one attached hydrogen (secondary N) is 1. The number of hydrogen-bond donors (Lipinski definition) is 1. The summed E-state index contributed by atoms with van der Waals surface area (Å²) in [4.78, 5) is 24.9. The van der Waals surface area contributed by atoms with E-state index in [0.29, 0.717) is 34.4 Å². The van der Waals surface area contributed by atoms with Crippen LogP contribution in [0.5, 0.6) is 11.5 Å². The molecule has 0 saturated carbocycles. The van der Waals surface area contributed by atoms with E-state index in [-0.39, 0.29) is 6.61 Å². The summed E-state index contributed by atoms with van der Waals surface area (Å²) in [6.45, 7) is 1.90. The van der Waals surface area contributed by atoms with Crippen LogP contribution in [0.3, 0.4) is 0 Å².